The van der Waals surface area contributed by atoms with E-state index in [2.05, 4.69) is 6.92 Å². The maximum atomic E-state index is 10.5. The highest BCUT2D eigenvalue weighted by Gasteiger charge is 2.28. The van der Waals surface area contributed by atoms with Crippen LogP contribution in [-0.4, -0.2) is 73.9 Å². The molecule has 0 aliphatic carbocycles. The minimum Gasteiger partial charge on any atom is -0.481 e. The lowest BCUT2D eigenvalue weighted by Crippen LogP contribution is -2.44. The van der Waals surface area contributed by atoms with Crippen LogP contribution in [0.3, 0.4) is 0 Å². The van der Waals surface area contributed by atoms with Crippen molar-refractivity contribution in [1.29, 1.82) is 0 Å². The monoisotopic (exact) mass is 464 g/mol. The number of aliphatic hydroxyl groups is 5. The average Bonchev–Trinajstić information content (AvgIpc) is 2.79. The molecule has 8 nitrogen and oxygen atoms in total. The van der Waals surface area contributed by atoms with Crippen LogP contribution in [0.4, 0.5) is 0 Å². The fourth-order valence-corrected chi connectivity index (χ4v) is 3.25. The largest absolute Gasteiger partial charge is 0.481 e. The molecule has 192 valence electrons. The second kappa shape index (κ2) is 24.6. The van der Waals surface area contributed by atoms with Crippen LogP contribution < -0.4 is 0 Å². The minimum atomic E-state index is -1.86. The number of ketones is 1. The molecule has 0 rings (SSSR count). The van der Waals surface area contributed by atoms with E-state index in [1.54, 1.807) is 0 Å². The van der Waals surface area contributed by atoms with Gasteiger partial charge in [-0.25, -0.2) is 0 Å². The predicted octanol–water partition coefficient (Wildman–Crippen LogP) is 2.96. The summed E-state index contributed by atoms with van der Waals surface area (Å²) in [5, 5.41) is 51.6. The number of unbranched alkanes of at least 4 members (excludes halogenated alkanes) is 14. The van der Waals surface area contributed by atoms with Crippen molar-refractivity contribution < 1.29 is 40.2 Å². The van der Waals surface area contributed by atoms with E-state index in [1.807, 2.05) is 0 Å². The van der Waals surface area contributed by atoms with Gasteiger partial charge in [-0.15, -0.1) is 0 Å². The molecule has 0 aromatic carbocycles. The summed E-state index contributed by atoms with van der Waals surface area (Å²) >= 11 is 0. The van der Waals surface area contributed by atoms with Crippen LogP contribution in [0, 0.1) is 0 Å². The lowest BCUT2D eigenvalue weighted by atomic mass is 10.0. The highest BCUT2D eigenvalue weighted by Crippen LogP contribution is 2.13. The fourth-order valence-electron chi connectivity index (χ4n) is 3.25. The summed E-state index contributed by atoms with van der Waals surface area (Å²) in [6, 6.07) is 0. The van der Waals surface area contributed by atoms with E-state index >= 15 is 0 Å². The van der Waals surface area contributed by atoms with Gasteiger partial charge in [0.05, 0.1) is 6.61 Å². The van der Waals surface area contributed by atoms with Crippen LogP contribution in [0.5, 0.6) is 0 Å². The first-order valence-electron chi connectivity index (χ1n) is 12.3. The average molecular weight is 465 g/mol. The van der Waals surface area contributed by atoms with E-state index in [4.69, 9.17) is 30.6 Å². The maximum absolute atomic E-state index is 10.5. The molecule has 32 heavy (non-hydrogen) atoms. The quantitative estimate of drug-likeness (QED) is 0.142. The van der Waals surface area contributed by atoms with Crippen molar-refractivity contribution in [2.45, 2.75) is 128 Å². The van der Waals surface area contributed by atoms with Gasteiger partial charge in [-0.1, -0.05) is 96.8 Å². The molecule has 0 aliphatic heterocycles. The topological polar surface area (TPSA) is 156 Å². The van der Waals surface area contributed by atoms with E-state index in [1.165, 1.54) is 83.5 Å². The first-order chi connectivity index (χ1) is 15.3. The Kier molecular flexibility index (Phi) is 25.4. The Hall–Kier alpha value is -1.06. The van der Waals surface area contributed by atoms with Gasteiger partial charge in [0.25, 0.3) is 0 Å². The van der Waals surface area contributed by atoms with Gasteiger partial charge in [-0.05, 0) is 6.42 Å². The van der Waals surface area contributed by atoms with Crippen molar-refractivity contribution in [3.8, 4) is 0 Å². The Labute approximate surface area is 193 Å². The number of carboxylic acid groups (broad SMARTS) is 1. The highest BCUT2D eigenvalue weighted by atomic mass is 16.4. The lowest BCUT2D eigenvalue weighted by molar-refractivity contribution is -0.142. The van der Waals surface area contributed by atoms with Crippen LogP contribution in [0.25, 0.3) is 0 Å². The number of carbonyl (C=O) groups excluding carboxylic acids is 1. The van der Waals surface area contributed by atoms with Gasteiger partial charge in [0, 0.05) is 6.42 Å². The van der Waals surface area contributed by atoms with Crippen molar-refractivity contribution >= 4 is 11.8 Å². The Bertz CT molecular complexity index is 430. The Morgan fingerprint density at radius 3 is 1.34 bits per heavy atom. The molecule has 0 bridgehead atoms. The van der Waals surface area contributed by atoms with Gasteiger partial charge in [-0.3, -0.25) is 9.59 Å². The molecule has 0 aliphatic rings. The van der Waals surface area contributed by atoms with E-state index in [9.17, 15) is 9.59 Å². The minimum absolute atomic E-state index is 0.345. The molecule has 6 N–H and O–H groups in total. The van der Waals surface area contributed by atoms with E-state index in [-0.39, 0.29) is 0 Å². The molecule has 0 heterocycles. The maximum Gasteiger partial charge on any atom is 0.303 e. The first kappa shape index (κ1) is 33.1. The van der Waals surface area contributed by atoms with Crippen molar-refractivity contribution in [3.63, 3.8) is 0 Å². The molecule has 0 saturated carbocycles. The van der Waals surface area contributed by atoms with E-state index < -0.39 is 43.3 Å². The number of hydrogen-bond acceptors (Lipinski definition) is 7. The molecule has 0 amide bonds. The number of aliphatic carboxylic acids is 1. The molecular formula is C24H48O8. The number of carboxylic acids is 1. The smallest absolute Gasteiger partial charge is 0.303 e. The standard InChI is InChI=1S/C18H36O2.C6H12O6/c1-2-3-4-5-6-7-8-9-10-11-12-13-14-15-16-17-18(19)20;7-1-3(9)5(11)6(12)4(10)2-8/h2-17H2,1H3,(H,19,20);3,5-9,11-12H,1-2H2/t;3-,5+,6+/m.1/s1. The first-order valence-corrected chi connectivity index (χ1v) is 12.3. The molecule has 0 aromatic heterocycles. The summed E-state index contributed by atoms with van der Waals surface area (Å²) in [6.07, 6.45) is 15.0. The zero-order valence-electron chi connectivity index (χ0n) is 20.0. The zero-order chi connectivity index (χ0) is 24.6. The Balaban J connectivity index is 0. The van der Waals surface area contributed by atoms with Gasteiger partial charge >= 0.3 is 5.97 Å². The molecule has 3 atom stereocenters. The summed E-state index contributed by atoms with van der Waals surface area (Å²) in [7, 11) is 0. The van der Waals surface area contributed by atoms with Crippen LogP contribution in [0.15, 0.2) is 0 Å². The number of rotatable bonds is 21. The van der Waals surface area contributed by atoms with E-state index in [0.29, 0.717) is 6.42 Å². The predicted molar refractivity (Wildman–Crippen MR) is 124 cm³/mol. The summed E-state index contributed by atoms with van der Waals surface area (Å²) in [5.74, 6) is -1.66. The third-order valence-corrected chi connectivity index (χ3v) is 5.38. The third-order valence-electron chi connectivity index (χ3n) is 5.38. The van der Waals surface area contributed by atoms with Crippen molar-refractivity contribution in [1.82, 2.24) is 0 Å². The Morgan fingerprint density at radius 1 is 0.656 bits per heavy atom. The van der Waals surface area contributed by atoms with Crippen LogP contribution in [0.2, 0.25) is 0 Å². The summed E-state index contributed by atoms with van der Waals surface area (Å²) in [5.41, 5.74) is 0. The summed E-state index contributed by atoms with van der Waals surface area (Å²) in [4.78, 5) is 20.9. The zero-order valence-corrected chi connectivity index (χ0v) is 20.0. The third kappa shape index (κ3) is 22.1. The Morgan fingerprint density at radius 2 is 1.03 bits per heavy atom. The SMILES string of the molecule is CCCCCCCCCCCCCCCCCC(=O)O.O=C(CO)[C@H](O)[C@@H](O)[C@H](O)CO. The molecule has 0 unspecified atom stereocenters. The van der Waals surface area contributed by atoms with Gasteiger partial charge in [-0.2, -0.15) is 0 Å². The fraction of sp³-hybridized carbons (Fsp3) is 0.917. The van der Waals surface area contributed by atoms with Crippen molar-refractivity contribution in [2.75, 3.05) is 13.2 Å². The van der Waals surface area contributed by atoms with Crippen LogP contribution in [0.1, 0.15) is 110 Å². The second-order valence-electron chi connectivity index (χ2n) is 8.40. The normalized spacial score (nSPS) is 13.7. The molecule has 0 aromatic rings. The van der Waals surface area contributed by atoms with Gasteiger partial charge in [0.2, 0.25) is 0 Å². The van der Waals surface area contributed by atoms with Gasteiger partial charge < -0.3 is 30.6 Å². The number of carbonyl (C=O) groups is 2. The van der Waals surface area contributed by atoms with Gasteiger partial charge in [0.1, 0.15) is 24.9 Å². The van der Waals surface area contributed by atoms with Crippen LogP contribution >= 0.6 is 0 Å². The molecule has 0 saturated heterocycles. The summed E-state index contributed by atoms with van der Waals surface area (Å²) in [6.45, 7) is 0.583. The highest BCUT2D eigenvalue weighted by molar-refractivity contribution is 5.84. The number of Topliss-reactive ketones (excluding diaryl/α,β-unsaturated/α-hetero) is 1. The molecule has 0 radical (unpaired) electrons. The lowest BCUT2D eigenvalue weighted by Gasteiger charge is -2.19. The molecular weight excluding hydrogens is 416 g/mol. The second-order valence-corrected chi connectivity index (χ2v) is 8.40. The molecule has 0 fully saturated rings. The van der Waals surface area contributed by atoms with Gasteiger partial charge in [0.15, 0.2) is 5.78 Å². The van der Waals surface area contributed by atoms with Crippen molar-refractivity contribution in [3.05, 3.63) is 0 Å². The molecule has 0 spiro atoms. The number of hydrogen-bond donors (Lipinski definition) is 6. The summed E-state index contributed by atoms with van der Waals surface area (Å²) < 4.78 is 0. The van der Waals surface area contributed by atoms with E-state index in [0.717, 1.165) is 12.8 Å². The van der Waals surface area contributed by atoms with Crippen molar-refractivity contribution in [2.24, 2.45) is 0 Å². The van der Waals surface area contributed by atoms with Crippen LogP contribution in [-0.2, 0) is 9.59 Å². The molecule has 8 heteroatoms. The number of aliphatic hydroxyl groups excluding tert-OH is 5.